The van der Waals surface area contributed by atoms with Crippen molar-refractivity contribution in [1.29, 1.82) is 0 Å². The molecular weight excluding hydrogens is 380 g/mol. The average molecular weight is 406 g/mol. The zero-order valence-electron chi connectivity index (χ0n) is 17.1. The molecule has 30 heavy (non-hydrogen) atoms. The first-order valence-corrected chi connectivity index (χ1v) is 10.4. The summed E-state index contributed by atoms with van der Waals surface area (Å²) in [5, 5.41) is 10.2. The molecule has 156 valence electrons. The zero-order chi connectivity index (χ0) is 21.1. The summed E-state index contributed by atoms with van der Waals surface area (Å²) < 4.78 is 1.77. The van der Waals surface area contributed by atoms with Gasteiger partial charge in [-0.25, -0.2) is 9.78 Å². The third kappa shape index (κ3) is 3.87. The topological polar surface area (TPSA) is 78.7 Å². The number of unbranched alkanes of at least 4 members (excludes halogenated alkanes) is 1. The minimum absolute atomic E-state index is 0.0538. The maximum atomic E-state index is 12.5. The molecule has 1 aromatic carbocycles. The standard InChI is InChI=1S/C23H26N4O3/c1-2-3-10-27-19-15-17(7-8-18(19)21(28)16-20(27)23(29)30)25-11-13-26(14-12-25)22-6-4-5-9-24-22/h4-9,15-16H,2-3,10-14H2,1H3,(H,29,30). The van der Waals surface area contributed by atoms with Crippen LogP contribution in [0.5, 0.6) is 0 Å². The number of aryl methyl sites for hydroxylation is 1. The average Bonchev–Trinajstić information content (AvgIpc) is 2.78. The van der Waals surface area contributed by atoms with Crippen LogP contribution in [0.2, 0.25) is 0 Å². The Balaban J connectivity index is 1.66. The lowest BCUT2D eigenvalue weighted by molar-refractivity contribution is 0.0684. The number of hydrogen-bond donors (Lipinski definition) is 1. The minimum Gasteiger partial charge on any atom is -0.477 e. The Kier molecular flexibility index (Phi) is 5.70. The Hall–Kier alpha value is -3.35. The van der Waals surface area contributed by atoms with Gasteiger partial charge in [0, 0.05) is 56.1 Å². The van der Waals surface area contributed by atoms with E-state index in [2.05, 4.69) is 21.7 Å². The largest absolute Gasteiger partial charge is 0.477 e. The van der Waals surface area contributed by atoms with Gasteiger partial charge < -0.3 is 19.5 Å². The van der Waals surface area contributed by atoms with E-state index in [0.717, 1.165) is 50.5 Å². The number of benzene rings is 1. The summed E-state index contributed by atoms with van der Waals surface area (Å²) >= 11 is 0. The summed E-state index contributed by atoms with van der Waals surface area (Å²) in [6, 6.07) is 12.9. The van der Waals surface area contributed by atoms with Crippen LogP contribution in [0.1, 0.15) is 30.3 Å². The SMILES string of the molecule is CCCCn1c(C(=O)O)cc(=O)c2ccc(N3CCN(c4ccccn4)CC3)cc21. The second-order valence-electron chi connectivity index (χ2n) is 7.57. The summed E-state index contributed by atoms with van der Waals surface area (Å²) in [6.45, 7) is 6.02. The first-order valence-electron chi connectivity index (χ1n) is 10.4. The molecule has 0 saturated carbocycles. The highest BCUT2D eigenvalue weighted by Gasteiger charge is 2.20. The number of carbonyl (C=O) groups is 1. The van der Waals surface area contributed by atoms with Gasteiger partial charge in [0.25, 0.3) is 0 Å². The second-order valence-corrected chi connectivity index (χ2v) is 7.57. The van der Waals surface area contributed by atoms with Crippen LogP contribution in [-0.2, 0) is 6.54 Å². The predicted octanol–water partition coefficient (Wildman–Crippen LogP) is 3.22. The van der Waals surface area contributed by atoms with Crippen LogP contribution in [-0.4, -0.2) is 46.8 Å². The molecule has 7 heteroatoms. The first kappa shape index (κ1) is 19.9. The number of piperazine rings is 1. The molecule has 0 amide bonds. The van der Waals surface area contributed by atoms with Gasteiger partial charge in [0.05, 0.1) is 5.52 Å². The Morgan fingerprint density at radius 1 is 1.07 bits per heavy atom. The number of hydrogen-bond acceptors (Lipinski definition) is 5. The molecule has 3 aromatic rings. The number of nitrogens with zero attached hydrogens (tertiary/aromatic N) is 4. The molecule has 7 nitrogen and oxygen atoms in total. The molecule has 4 rings (SSSR count). The van der Waals surface area contributed by atoms with Crippen molar-refractivity contribution in [3.63, 3.8) is 0 Å². The summed E-state index contributed by atoms with van der Waals surface area (Å²) in [5.41, 5.74) is 1.51. The number of carboxylic acid groups (broad SMARTS) is 1. The third-order valence-electron chi connectivity index (χ3n) is 5.67. The molecule has 0 aliphatic carbocycles. The lowest BCUT2D eigenvalue weighted by Gasteiger charge is -2.36. The van der Waals surface area contributed by atoms with Gasteiger partial charge in [-0.3, -0.25) is 4.79 Å². The smallest absolute Gasteiger partial charge is 0.352 e. The molecule has 0 unspecified atom stereocenters. The molecule has 0 spiro atoms. The van der Waals surface area contributed by atoms with Crippen molar-refractivity contribution >= 4 is 28.4 Å². The van der Waals surface area contributed by atoms with E-state index in [9.17, 15) is 14.7 Å². The highest BCUT2D eigenvalue weighted by molar-refractivity contribution is 5.91. The van der Waals surface area contributed by atoms with Crippen molar-refractivity contribution < 1.29 is 9.90 Å². The molecule has 0 radical (unpaired) electrons. The molecule has 1 N–H and O–H groups in total. The maximum absolute atomic E-state index is 12.5. The van der Waals surface area contributed by atoms with Crippen molar-refractivity contribution in [3.05, 3.63) is 64.6 Å². The highest BCUT2D eigenvalue weighted by atomic mass is 16.4. The van der Waals surface area contributed by atoms with Crippen molar-refractivity contribution in [1.82, 2.24) is 9.55 Å². The van der Waals surface area contributed by atoms with E-state index in [4.69, 9.17) is 0 Å². The molecule has 1 saturated heterocycles. The number of rotatable bonds is 6. The van der Waals surface area contributed by atoms with Gasteiger partial charge >= 0.3 is 5.97 Å². The second kappa shape index (κ2) is 8.57. The van der Waals surface area contributed by atoms with Crippen molar-refractivity contribution in [2.45, 2.75) is 26.3 Å². The van der Waals surface area contributed by atoms with Gasteiger partial charge in [0.1, 0.15) is 11.5 Å². The zero-order valence-corrected chi connectivity index (χ0v) is 17.1. The number of pyridine rings is 2. The monoisotopic (exact) mass is 406 g/mol. The molecule has 0 atom stereocenters. The molecular formula is C23H26N4O3. The van der Waals surface area contributed by atoms with Crippen LogP contribution < -0.4 is 15.2 Å². The number of anilines is 2. The number of aromatic carboxylic acids is 1. The van der Waals surface area contributed by atoms with E-state index in [1.165, 1.54) is 6.07 Å². The van der Waals surface area contributed by atoms with Gasteiger partial charge in [-0.15, -0.1) is 0 Å². The van der Waals surface area contributed by atoms with Gasteiger partial charge in [0.15, 0.2) is 5.43 Å². The molecule has 2 aromatic heterocycles. The third-order valence-corrected chi connectivity index (χ3v) is 5.67. The van der Waals surface area contributed by atoms with E-state index in [-0.39, 0.29) is 11.1 Å². The van der Waals surface area contributed by atoms with E-state index in [0.29, 0.717) is 17.4 Å². The summed E-state index contributed by atoms with van der Waals surface area (Å²) in [5.74, 6) is -0.0883. The summed E-state index contributed by atoms with van der Waals surface area (Å²) in [7, 11) is 0. The summed E-state index contributed by atoms with van der Waals surface area (Å²) in [6.07, 6.45) is 3.60. The fourth-order valence-corrected chi connectivity index (χ4v) is 4.03. The van der Waals surface area contributed by atoms with E-state index >= 15 is 0 Å². The van der Waals surface area contributed by atoms with E-state index in [1.54, 1.807) is 10.8 Å². The van der Waals surface area contributed by atoms with Crippen LogP contribution in [0.3, 0.4) is 0 Å². The lowest BCUT2D eigenvalue weighted by atomic mass is 10.1. The van der Waals surface area contributed by atoms with Gasteiger partial charge in [-0.05, 0) is 36.8 Å². The fraction of sp³-hybridized carbons (Fsp3) is 0.348. The molecule has 3 heterocycles. The highest BCUT2D eigenvalue weighted by Crippen LogP contribution is 2.24. The first-order chi connectivity index (χ1) is 14.6. The van der Waals surface area contributed by atoms with Crippen molar-refractivity contribution in [3.8, 4) is 0 Å². The fourth-order valence-electron chi connectivity index (χ4n) is 4.03. The van der Waals surface area contributed by atoms with Gasteiger partial charge in [0.2, 0.25) is 0 Å². The molecule has 1 aliphatic heterocycles. The predicted molar refractivity (Wildman–Crippen MR) is 119 cm³/mol. The van der Waals surface area contributed by atoms with E-state index < -0.39 is 5.97 Å². The minimum atomic E-state index is -1.07. The Labute approximate surface area is 175 Å². The van der Waals surface area contributed by atoms with E-state index in [1.807, 2.05) is 36.4 Å². The Morgan fingerprint density at radius 2 is 1.83 bits per heavy atom. The number of carboxylic acids is 1. The van der Waals surface area contributed by atoms with Crippen LogP contribution in [0.4, 0.5) is 11.5 Å². The van der Waals surface area contributed by atoms with Gasteiger partial charge in [-0.1, -0.05) is 19.4 Å². The maximum Gasteiger partial charge on any atom is 0.352 e. The number of aromatic nitrogens is 2. The van der Waals surface area contributed by atoms with Crippen LogP contribution in [0, 0.1) is 0 Å². The van der Waals surface area contributed by atoms with Crippen LogP contribution >= 0.6 is 0 Å². The van der Waals surface area contributed by atoms with Crippen LogP contribution in [0.25, 0.3) is 10.9 Å². The molecule has 0 bridgehead atoms. The Morgan fingerprint density at radius 3 is 2.50 bits per heavy atom. The lowest BCUT2D eigenvalue weighted by Crippen LogP contribution is -2.46. The van der Waals surface area contributed by atoms with Crippen molar-refractivity contribution in [2.24, 2.45) is 0 Å². The normalized spacial score (nSPS) is 14.3. The van der Waals surface area contributed by atoms with Crippen molar-refractivity contribution in [2.75, 3.05) is 36.0 Å². The number of fused-ring (bicyclic) bond motifs is 1. The summed E-state index contributed by atoms with van der Waals surface area (Å²) in [4.78, 5) is 33.2. The Bertz CT molecular complexity index is 1100. The molecule has 1 fully saturated rings. The quantitative estimate of drug-likeness (QED) is 0.677. The van der Waals surface area contributed by atoms with Crippen LogP contribution in [0.15, 0.2) is 53.5 Å². The molecule has 1 aliphatic rings. The van der Waals surface area contributed by atoms with Gasteiger partial charge in [-0.2, -0.15) is 0 Å².